The van der Waals surface area contributed by atoms with E-state index in [1.54, 1.807) is 0 Å². The lowest BCUT2D eigenvalue weighted by Crippen LogP contribution is -1.92. The zero-order valence-electron chi connectivity index (χ0n) is 23.2. The molecule has 9 aromatic rings. The first-order valence-corrected chi connectivity index (χ1v) is 14.5. The first-order chi connectivity index (χ1) is 21.3. The van der Waals surface area contributed by atoms with Gasteiger partial charge in [0.1, 0.15) is 11.2 Å². The van der Waals surface area contributed by atoms with Gasteiger partial charge in [0.2, 0.25) is 0 Å². The highest BCUT2D eigenvalue weighted by Crippen LogP contribution is 2.40. The molecule has 0 aliphatic rings. The molecule has 9 rings (SSSR count). The van der Waals surface area contributed by atoms with Gasteiger partial charge in [-0.1, -0.05) is 133 Å². The monoisotopic (exact) mass is 548 g/mol. The van der Waals surface area contributed by atoms with Gasteiger partial charge in [-0.15, -0.1) is 0 Å². The van der Waals surface area contributed by atoms with Crippen LogP contribution >= 0.6 is 0 Å². The quantitative estimate of drug-likeness (QED) is 0.206. The largest absolute Gasteiger partial charge is 0.455 e. The van der Waals surface area contributed by atoms with Gasteiger partial charge in [0.05, 0.1) is 22.9 Å². The molecule has 0 fully saturated rings. The van der Waals surface area contributed by atoms with Gasteiger partial charge in [-0.25, -0.2) is 4.98 Å². The van der Waals surface area contributed by atoms with Crippen molar-refractivity contribution in [2.45, 2.75) is 0 Å². The number of benzene rings is 7. The minimum absolute atomic E-state index is 0.845. The molecule has 200 valence electrons. The number of hydrogen-bond acceptors (Lipinski definition) is 3. The van der Waals surface area contributed by atoms with Gasteiger partial charge in [0.15, 0.2) is 0 Å². The molecular weight excluding hydrogens is 524 g/mol. The second-order valence-electron chi connectivity index (χ2n) is 11.0. The highest BCUT2D eigenvalue weighted by Gasteiger charge is 2.17. The maximum absolute atomic E-state index is 6.69. The lowest BCUT2D eigenvalue weighted by molar-refractivity contribution is 0.671. The number of aromatic nitrogens is 2. The molecule has 0 saturated heterocycles. The van der Waals surface area contributed by atoms with Gasteiger partial charge in [0, 0.05) is 38.2 Å². The van der Waals surface area contributed by atoms with Crippen molar-refractivity contribution >= 4 is 54.5 Å². The SMILES string of the molecule is c1ccc(-c2cccc3c2oc2c(-c4cccc(-c5cnc6c7ccccc7c7ccccc7c6n5)c4)cccc23)cc1. The molecule has 43 heavy (non-hydrogen) atoms. The Morgan fingerprint density at radius 3 is 1.60 bits per heavy atom. The van der Waals surface area contributed by atoms with Crippen molar-refractivity contribution in [3.63, 3.8) is 0 Å². The summed E-state index contributed by atoms with van der Waals surface area (Å²) in [5, 5.41) is 6.85. The highest BCUT2D eigenvalue weighted by molar-refractivity contribution is 6.23. The van der Waals surface area contributed by atoms with E-state index in [1.165, 1.54) is 10.8 Å². The maximum Gasteiger partial charge on any atom is 0.143 e. The Bertz CT molecular complexity index is 2470. The Kier molecular flexibility index (Phi) is 5.20. The first-order valence-electron chi connectivity index (χ1n) is 14.5. The van der Waals surface area contributed by atoms with Crippen LogP contribution < -0.4 is 0 Å². The third kappa shape index (κ3) is 3.68. The highest BCUT2D eigenvalue weighted by atomic mass is 16.3. The normalized spacial score (nSPS) is 11.7. The molecule has 0 radical (unpaired) electrons. The summed E-state index contributed by atoms with van der Waals surface area (Å²) in [6.07, 6.45) is 1.90. The van der Waals surface area contributed by atoms with E-state index >= 15 is 0 Å². The van der Waals surface area contributed by atoms with Gasteiger partial charge in [0.25, 0.3) is 0 Å². The van der Waals surface area contributed by atoms with E-state index in [-0.39, 0.29) is 0 Å². The molecule has 0 aliphatic heterocycles. The van der Waals surface area contributed by atoms with Crippen molar-refractivity contribution in [1.29, 1.82) is 0 Å². The number of furan rings is 1. The molecule has 2 aromatic heterocycles. The summed E-state index contributed by atoms with van der Waals surface area (Å²) in [5.41, 5.74) is 9.88. The van der Waals surface area contributed by atoms with Crippen molar-refractivity contribution in [3.05, 3.63) is 146 Å². The van der Waals surface area contributed by atoms with Crippen LogP contribution in [0.3, 0.4) is 0 Å². The molecule has 0 saturated carbocycles. The van der Waals surface area contributed by atoms with E-state index in [2.05, 4.69) is 133 Å². The van der Waals surface area contributed by atoms with Crippen LogP contribution in [0, 0.1) is 0 Å². The summed E-state index contributed by atoms with van der Waals surface area (Å²) in [4.78, 5) is 10.2. The molecule has 0 N–H and O–H groups in total. The average Bonchev–Trinajstić information content (AvgIpc) is 3.48. The standard InChI is InChI=1S/C40H24N2O/c1-2-11-25(12-3-1)28-19-9-21-34-35-22-10-20-29(40(35)43-39(28)34)26-13-8-14-27(23-26)36-24-41-37-32-17-6-4-15-30(32)31-16-5-7-18-33(31)38(37)42-36/h1-24H. The summed E-state index contributed by atoms with van der Waals surface area (Å²) >= 11 is 0. The Balaban J connectivity index is 1.22. The van der Waals surface area contributed by atoms with Crippen LogP contribution in [0.15, 0.2) is 150 Å². The fraction of sp³-hybridized carbons (Fsp3) is 0. The molecule has 3 heteroatoms. The van der Waals surface area contributed by atoms with Gasteiger partial charge < -0.3 is 4.42 Å². The maximum atomic E-state index is 6.69. The summed E-state index contributed by atoms with van der Waals surface area (Å²) in [5.74, 6) is 0. The lowest BCUT2D eigenvalue weighted by Gasteiger charge is -2.11. The van der Waals surface area contributed by atoms with Crippen LogP contribution in [-0.4, -0.2) is 9.97 Å². The fourth-order valence-corrected chi connectivity index (χ4v) is 6.50. The fourth-order valence-electron chi connectivity index (χ4n) is 6.50. The van der Waals surface area contributed by atoms with Crippen molar-refractivity contribution in [2.75, 3.05) is 0 Å². The van der Waals surface area contributed by atoms with E-state index in [4.69, 9.17) is 14.4 Å². The smallest absolute Gasteiger partial charge is 0.143 e. The predicted molar refractivity (Wildman–Crippen MR) is 178 cm³/mol. The second kappa shape index (κ2) is 9.37. The van der Waals surface area contributed by atoms with Crippen LogP contribution in [0.1, 0.15) is 0 Å². The molecule has 2 heterocycles. The Labute approximate surface area is 247 Å². The number of para-hydroxylation sites is 2. The Morgan fingerprint density at radius 1 is 0.395 bits per heavy atom. The number of rotatable bonds is 3. The van der Waals surface area contributed by atoms with Crippen molar-refractivity contribution in [1.82, 2.24) is 9.97 Å². The first kappa shape index (κ1) is 23.9. The van der Waals surface area contributed by atoms with Crippen LogP contribution in [-0.2, 0) is 0 Å². The average molecular weight is 549 g/mol. The van der Waals surface area contributed by atoms with Crippen molar-refractivity contribution < 1.29 is 4.42 Å². The van der Waals surface area contributed by atoms with Gasteiger partial charge in [-0.05, 0) is 28.0 Å². The summed E-state index contributed by atoms with van der Waals surface area (Å²) in [7, 11) is 0. The number of fused-ring (bicyclic) bond motifs is 9. The van der Waals surface area contributed by atoms with Crippen LogP contribution in [0.4, 0.5) is 0 Å². The molecule has 0 unspecified atom stereocenters. The molecular formula is C40H24N2O. The lowest BCUT2D eigenvalue weighted by atomic mass is 9.98. The van der Waals surface area contributed by atoms with Gasteiger partial charge in [-0.2, -0.15) is 0 Å². The minimum Gasteiger partial charge on any atom is -0.455 e. The summed E-state index contributed by atoms with van der Waals surface area (Å²) in [6, 6.07) is 48.7. The summed E-state index contributed by atoms with van der Waals surface area (Å²) in [6.45, 7) is 0. The van der Waals surface area contributed by atoms with Crippen molar-refractivity contribution in [2.24, 2.45) is 0 Å². The van der Waals surface area contributed by atoms with E-state index in [9.17, 15) is 0 Å². The molecule has 0 atom stereocenters. The third-order valence-electron chi connectivity index (χ3n) is 8.51. The molecule has 0 bridgehead atoms. The predicted octanol–water partition coefficient (Wildman–Crippen LogP) is 10.8. The minimum atomic E-state index is 0.845. The summed E-state index contributed by atoms with van der Waals surface area (Å²) < 4.78 is 6.69. The zero-order valence-corrected chi connectivity index (χ0v) is 23.2. The van der Waals surface area contributed by atoms with Crippen LogP contribution in [0.25, 0.3) is 88.0 Å². The molecule has 0 spiro atoms. The van der Waals surface area contributed by atoms with E-state index in [0.717, 1.165) is 77.3 Å². The third-order valence-corrected chi connectivity index (χ3v) is 8.51. The van der Waals surface area contributed by atoms with Crippen LogP contribution in [0.5, 0.6) is 0 Å². The molecule has 3 nitrogen and oxygen atoms in total. The molecule has 0 amide bonds. The van der Waals surface area contributed by atoms with Crippen LogP contribution in [0.2, 0.25) is 0 Å². The van der Waals surface area contributed by atoms with E-state index < -0.39 is 0 Å². The number of hydrogen-bond donors (Lipinski definition) is 0. The second-order valence-corrected chi connectivity index (χ2v) is 11.0. The molecule has 0 aliphatic carbocycles. The number of nitrogens with zero attached hydrogens (tertiary/aromatic N) is 2. The topological polar surface area (TPSA) is 38.9 Å². The Morgan fingerprint density at radius 2 is 0.907 bits per heavy atom. The zero-order chi connectivity index (χ0) is 28.3. The Hall–Kier alpha value is -5.80. The van der Waals surface area contributed by atoms with E-state index in [1.807, 2.05) is 12.3 Å². The van der Waals surface area contributed by atoms with E-state index in [0.29, 0.717) is 0 Å². The van der Waals surface area contributed by atoms with Crippen molar-refractivity contribution in [3.8, 4) is 33.5 Å². The van der Waals surface area contributed by atoms with Gasteiger partial charge >= 0.3 is 0 Å². The molecule has 7 aromatic carbocycles. The van der Waals surface area contributed by atoms with Gasteiger partial charge in [-0.3, -0.25) is 4.98 Å².